The fourth-order valence-electron chi connectivity index (χ4n) is 2.40. The number of nitrogens with zero attached hydrogens (tertiary/aromatic N) is 1. The van der Waals surface area contributed by atoms with E-state index in [0.717, 1.165) is 11.8 Å². The van der Waals surface area contributed by atoms with Gasteiger partial charge in [0, 0.05) is 17.8 Å². The van der Waals surface area contributed by atoms with E-state index in [4.69, 9.17) is 12.2 Å². The van der Waals surface area contributed by atoms with Gasteiger partial charge in [-0.3, -0.25) is 4.57 Å². The van der Waals surface area contributed by atoms with Crippen molar-refractivity contribution < 1.29 is 8.78 Å². The second-order valence-electron chi connectivity index (χ2n) is 5.29. The number of rotatable bonds is 2. The molecule has 0 radical (unpaired) electrons. The van der Waals surface area contributed by atoms with Crippen LogP contribution < -0.4 is 0 Å². The summed E-state index contributed by atoms with van der Waals surface area (Å²) in [5, 5.41) is 0. The molecule has 0 spiro atoms. The largest absolute Gasteiger partial charge is 0.328 e. The van der Waals surface area contributed by atoms with Crippen molar-refractivity contribution in [2.75, 3.05) is 0 Å². The van der Waals surface area contributed by atoms with Crippen molar-refractivity contribution >= 4 is 23.3 Å². The standard InChI is InChI=1S/C16H14F2N2S/c1-9(2)10-3-5-12(6-4-10)20-14-8-11(17)7-13(18)15(14)19-16(20)21/h3-9H,1-2H3,(H,19,21). The third kappa shape index (κ3) is 2.38. The van der Waals surface area contributed by atoms with Gasteiger partial charge in [-0.25, -0.2) is 8.78 Å². The van der Waals surface area contributed by atoms with E-state index in [1.54, 1.807) is 4.57 Å². The molecule has 5 heteroatoms. The van der Waals surface area contributed by atoms with Crippen LogP contribution in [0.4, 0.5) is 8.78 Å². The summed E-state index contributed by atoms with van der Waals surface area (Å²) in [6.07, 6.45) is 0. The van der Waals surface area contributed by atoms with E-state index in [-0.39, 0.29) is 5.52 Å². The van der Waals surface area contributed by atoms with Crippen LogP contribution in [0.2, 0.25) is 0 Å². The molecular formula is C16H14F2N2S. The van der Waals surface area contributed by atoms with Crippen LogP contribution >= 0.6 is 12.2 Å². The predicted molar refractivity (Wildman–Crippen MR) is 82.5 cm³/mol. The number of H-pyrrole nitrogens is 1. The highest BCUT2D eigenvalue weighted by molar-refractivity contribution is 7.71. The summed E-state index contributed by atoms with van der Waals surface area (Å²) in [6, 6.07) is 9.93. The molecule has 3 aromatic rings. The molecule has 0 unspecified atom stereocenters. The Kier molecular flexibility index (Phi) is 3.37. The first kappa shape index (κ1) is 13.9. The first-order valence-electron chi connectivity index (χ1n) is 6.67. The van der Waals surface area contributed by atoms with E-state index in [1.807, 2.05) is 24.3 Å². The second kappa shape index (κ2) is 5.07. The molecule has 0 saturated heterocycles. The van der Waals surface area contributed by atoms with Gasteiger partial charge in [0.25, 0.3) is 0 Å². The van der Waals surface area contributed by atoms with Crippen molar-refractivity contribution in [3.05, 3.63) is 58.4 Å². The number of hydrogen-bond acceptors (Lipinski definition) is 1. The molecule has 0 atom stereocenters. The van der Waals surface area contributed by atoms with E-state index >= 15 is 0 Å². The molecule has 3 rings (SSSR count). The van der Waals surface area contributed by atoms with Crippen LogP contribution in [0.1, 0.15) is 25.3 Å². The topological polar surface area (TPSA) is 20.7 Å². The van der Waals surface area contributed by atoms with Gasteiger partial charge in [0.1, 0.15) is 11.3 Å². The zero-order chi connectivity index (χ0) is 15.1. The van der Waals surface area contributed by atoms with Crippen LogP contribution in [0.15, 0.2) is 36.4 Å². The Bertz CT molecular complexity index is 860. The quantitative estimate of drug-likeness (QED) is 0.654. The predicted octanol–water partition coefficient (Wildman–Crippen LogP) is 5.09. The minimum atomic E-state index is -0.645. The maximum absolute atomic E-state index is 13.8. The molecule has 0 aliphatic carbocycles. The Morgan fingerprint density at radius 3 is 2.38 bits per heavy atom. The number of halogens is 2. The highest BCUT2D eigenvalue weighted by atomic mass is 32.1. The number of benzene rings is 2. The smallest absolute Gasteiger partial charge is 0.182 e. The number of imidazole rings is 1. The molecule has 0 bridgehead atoms. The van der Waals surface area contributed by atoms with Gasteiger partial charge in [-0.1, -0.05) is 26.0 Å². The average molecular weight is 304 g/mol. The Morgan fingerprint density at radius 1 is 1.10 bits per heavy atom. The van der Waals surface area contributed by atoms with Gasteiger partial charge in [0.2, 0.25) is 0 Å². The van der Waals surface area contributed by atoms with Gasteiger partial charge in [0.05, 0.1) is 5.52 Å². The SMILES string of the molecule is CC(C)c1ccc(-n2c(=S)[nH]c3c(F)cc(F)cc32)cc1. The van der Waals surface area contributed by atoms with Crippen molar-refractivity contribution in [3.63, 3.8) is 0 Å². The van der Waals surface area contributed by atoms with Crippen LogP contribution in [-0.2, 0) is 0 Å². The molecule has 1 aromatic heterocycles. The molecule has 108 valence electrons. The second-order valence-corrected chi connectivity index (χ2v) is 5.68. The van der Waals surface area contributed by atoms with Crippen LogP contribution in [0, 0.1) is 16.4 Å². The van der Waals surface area contributed by atoms with Gasteiger partial charge in [0.15, 0.2) is 10.6 Å². The molecular weight excluding hydrogens is 290 g/mol. The Balaban J connectivity index is 2.24. The number of fused-ring (bicyclic) bond motifs is 1. The molecule has 1 N–H and O–H groups in total. The molecule has 0 fully saturated rings. The van der Waals surface area contributed by atoms with Gasteiger partial charge in [-0.15, -0.1) is 0 Å². The maximum atomic E-state index is 13.8. The zero-order valence-corrected chi connectivity index (χ0v) is 12.5. The maximum Gasteiger partial charge on any atom is 0.182 e. The van der Waals surface area contributed by atoms with Crippen LogP contribution in [0.5, 0.6) is 0 Å². The third-order valence-corrected chi connectivity index (χ3v) is 3.81. The summed E-state index contributed by atoms with van der Waals surface area (Å²) in [4.78, 5) is 2.79. The minimum Gasteiger partial charge on any atom is -0.328 e. The lowest BCUT2D eigenvalue weighted by Crippen LogP contribution is -1.96. The minimum absolute atomic E-state index is 0.217. The average Bonchev–Trinajstić information content (AvgIpc) is 2.75. The van der Waals surface area contributed by atoms with Crippen molar-refractivity contribution in [1.82, 2.24) is 9.55 Å². The number of hydrogen-bond donors (Lipinski definition) is 1. The number of nitrogens with one attached hydrogen (secondary N) is 1. The Morgan fingerprint density at radius 2 is 1.76 bits per heavy atom. The molecule has 21 heavy (non-hydrogen) atoms. The van der Waals surface area contributed by atoms with E-state index in [0.29, 0.717) is 16.2 Å². The third-order valence-electron chi connectivity index (χ3n) is 3.53. The molecule has 1 heterocycles. The summed E-state index contributed by atoms with van der Waals surface area (Å²) in [6.45, 7) is 4.22. The summed E-state index contributed by atoms with van der Waals surface area (Å²) < 4.78 is 29.2. The van der Waals surface area contributed by atoms with Crippen LogP contribution in [0.25, 0.3) is 16.7 Å². The van der Waals surface area contributed by atoms with Gasteiger partial charge >= 0.3 is 0 Å². The van der Waals surface area contributed by atoms with Gasteiger partial charge in [-0.05, 0) is 35.8 Å². The fourth-order valence-corrected chi connectivity index (χ4v) is 2.70. The normalized spacial score (nSPS) is 11.5. The molecule has 2 nitrogen and oxygen atoms in total. The Hall–Kier alpha value is -2.01. The lowest BCUT2D eigenvalue weighted by Gasteiger charge is -2.08. The van der Waals surface area contributed by atoms with E-state index in [1.165, 1.54) is 11.6 Å². The van der Waals surface area contributed by atoms with Crippen LogP contribution in [0.3, 0.4) is 0 Å². The number of aromatic nitrogens is 2. The summed E-state index contributed by atoms with van der Waals surface area (Å²) in [7, 11) is 0. The fraction of sp³-hybridized carbons (Fsp3) is 0.188. The zero-order valence-electron chi connectivity index (χ0n) is 11.7. The lowest BCUT2D eigenvalue weighted by molar-refractivity contribution is 0.590. The highest BCUT2D eigenvalue weighted by Gasteiger charge is 2.12. The van der Waals surface area contributed by atoms with Crippen molar-refractivity contribution in [1.29, 1.82) is 0 Å². The molecule has 0 saturated carbocycles. The van der Waals surface area contributed by atoms with E-state index < -0.39 is 11.6 Å². The highest BCUT2D eigenvalue weighted by Crippen LogP contribution is 2.24. The molecule has 0 aliphatic rings. The number of aromatic amines is 1. The van der Waals surface area contributed by atoms with Gasteiger partial charge < -0.3 is 4.98 Å². The van der Waals surface area contributed by atoms with Crippen molar-refractivity contribution in [2.24, 2.45) is 0 Å². The molecule has 0 amide bonds. The summed E-state index contributed by atoms with van der Waals surface area (Å²) >= 11 is 5.24. The lowest BCUT2D eigenvalue weighted by atomic mass is 10.0. The summed E-state index contributed by atoms with van der Waals surface area (Å²) in [5.41, 5.74) is 2.59. The first-order chi connectivity index (χ1) is 9.97. The molecule has 0 aliphatic heterocycles. The summed E-state index contributed by atoms with van der Waals surface area (Å²) in [5.74, 6) is -0.847. The van der Waals surface area contributed by atoms with Crippen molar-refractivity contribution in [2.45, 2.75) is 19.8 Å². The molecule has 2 aromatic carbocycles. The van der Waals surface area contributed by atoms with Gasteiger partial charge in [-0.2, -0.15) is 0 Å². The van der Waals surface area contributed by atoms with E-state index in [2.05, 4.69) is 18.8 Å². The van der Waals surface area contributed by atoms with Crippen molar-refractivity contribution in [3.8, 4) is 5.69 Å². The Labute approximate surface area is 126 Å². The van der Waals surface area contributed by atoms with Crippen LogP contribution in [-0.4, -0.2) is 9.55 Å². The van der Waals surface area contributed by atoms with E-state index in [9.17, 15) is 8.78 Å². The monoisotopic (exact) mass is 304 g/mol. The first-order valence-corrected chi connectivity index (χ1v) is 7.08.